The first-order chi connectivity index (χ1) is 10.0. The minimum Gasteiger partial charge on any atom is -0.492 e. The number of ether oxygens (including phenoxy) is 1. The molecule has 0 aliphatic carbocycles. The fourth-order valence-corrected chi connectivity index (χ4v) is 3.50. The number of rotatable bonds is 2. The third kappa shape index (κ3) is 2.26. The Morgan fingerprint density at radius 2 is 2.00 bits per heavy atom. The van der Waals surface area contributed by atoms with Gasteiger partial charge >= 0.3 is 0 Å². The number of hydrogen-bond donors (Lipinski definition) is 0. The molecule has 0 fully saturated rings. The fourth-order valence-electron chi connectivity index (χ4n) is 2.30. The first kappa shape index (κ1) is 14.2. The standard InChI is InChI=1S/C15H12ClFN2OS/c1-7-6-21-15-11(7)8(2)18-14(19-15)9-4-5-10(16)13(20-3)12(9)17/h4-6H,1-3H3. The Morgan fingerprint density at radius 3 is 2.71 bits per heavy atom. The largest absolute Gasteiger partial charge is 0.492 e. The van der Waals surface area contributed by atoms with E-state index in [1.807, 2.05) is 19.2 Å². The molecule has 108 valence electrons. The summed E-state index contributed by atoms with van der Waals surface area (Å²) in [5, 5.41) is 3.28. The number of fused-ring (bicyclic) bond motifs is 1. The molecule has 3 nitrogen and oxygen atoms in total. The van der Waals surface area contributed by atoms with Gasteiger partial charge in [0.2, 0.25) is 0 Å². The van der Waals surface area contributed by atoms with E-state index in [1.165, 1.54) is 18.4 Å². The Bertz CT molecular complexity index is 847. The first-order valence-electron chi connectivity index (χ1n) is 6.27. The van der Waals surface area contributed by atoms with E-state index in [-0.39, 0.29) is 16.3 Å². The summed E-state index contributed by atoms with van der Waals surface area (Å²) in [6.07, 6.45) is 0. The molecule has 0 aliphatic heterocycles. The van der Waals surface area contributed by atoms with Gasteiger partial charge in [0.1, 0.15) is 4.83 Å². The molecule has 0 saturated heterocycles. The molecule has 0 unspecified atom stereocenters. The van der Waals surface area contributed by atoms with Crippen molar-refractivity contribution in [3.63, 3.8) is 0 Å². The zero-order valence-corrected chi connectivity index (χ0v) is 13.3. The van der Waals surface area contributed by atoms with E-state index >= 15 is 0 Å². The molecule has 2 heterocycles. The van der Waals surface area contributed by atoms with Crippen LogP contribution in [-0.2, 0) is 0 Å². The second kappa shape index (κ2) is 5.24. The fraction of sp³-hybridized carbons (Fsp3) is 0.200. The molecule has 3 rings (SSSR count). The molecule has 0 amide bonds. The van der Waals surface area contributed by atoms with Crippen molar-refractivity contribution in [2.24, 2.45) is 0 Å². The van der Waals surface area contributed by atoms with Crippen molar-refractivity contribution >= 4 is 33.2 Å². The van der Waals surface area contributed by atoms with Gasteiger partial charge in [0.25, 0.3) is 0 Å². The summed E-state index contributed by atoms with van der Waals surface area (Å²) < 4.78 is 19.5. The Labute approximate surface area is 130 Å². The van der Waals surface area contributed by atoms with Crippen molar-refractivity contribution in [2.75, 3.05) is 7.11 Å². The van der Waals surface area contributed by atoms with Crippen LogP contribution in [0.4, 0.5) is 4.39 Å². The Hall–Kier alpha value is -1.72. The lowest BCUT2D eigenvalue weighted by atomic mass is 10.1. The molecule has 2 aromatic heterocycles. The summed E-state index contributed by atoms with van der Waals surface area (Å²) >= 11 is 7.44. The first-order valence-corrected chi connectivity index (χ1v) is 7.53. The topological polar surface area (TPSA) is 35.0 Å². The number of benzene rings is 1. The van der Waals surface area contributed by atoms with Gasteiger partial charge in [0.15, 0.2) is 17.4 Å². The van der Waals surface area contributed by atoms with Crippen LogP contribution >= 0.6 is 22.9 Å². The summed E-state index contributed by atoms with van der Waals surface area (Å²) in [5.74, 6) is -0.191. The Morgan fingerprint density at radius 1 is 1.24 bits per heavy atom. The maximum Gasteiger partial charge on any atom is 0.177 e. The van der Waals surface area contributed by atoms with E-state index in [0.29, 0.717) is 5.82 Å². The summed E-state index contributed by atoms with van der Waals surface area (Å²) in [6.45, 7) is 3.92. The zero-order valence-electron chi connectivity index (χ0n) is 11.7. The molecule has 3 aromatic rings. The van der Waals surface area contributed by atoms with E-state index in [0.717, 1.165) is 21.5 Å². The lowest BCUT2D eigenvalue weighted by molar-refractivity contribution is 0.387. The lowest BCUT2D eigenvalue weighted by Gasteiger charge is -2.09. The molecule has 0 saturated carbocycles. The van der Waals surface area contributed by atoms with E-state index in [9.17, 15) is 4.39 Å². The van der Waals surface area contributed by atoms with E-state index in [1.54, 1.807) is 12.1 Å². The number of aryl methyl sites for hydroxylation is 2. The molecule has 0 atom stereocenters. The minimum atomic E-state index is -0.544. The molecule has 0 aliphatic rings. The van der Waals surface area contributed by atoms with Gasteiger partial charge in [0.05, 0.1) is 23.4 Å². The predicted octanol–water partition coefficient (Wildman–Crippen LogP) is 4.78. The van der Waals surface area contributed by atoms with Crippen LogP contribution in [0.5, 0.6) is 5.75 Å². The number of halogens is 2. The van der Waals surface area contributed by atoms with Crippen LogP contribution in [0.15, 0.2) is 17.5 Å². The monoisotopic (exact) mass is 322 g/mol. The molecule has 0 spiro atoms. The summed E-state index contributed by atoms with van der Waals surface area (Å²) in [4.78, 5) is 9.74. The highest BCUT2D eigenvalue weighted by atomic mass is 35.5. The van der Waals surface area contributed by atoms with Crippen LogP contribution in [0, 0.1) is 19.7 Å². The molecule has 1 aromatic carbocycles. The summed E-state index contributed by atoms with van der Waals surface area (Å²) in [6, 6.07) is 3.16. The van der Waals surface area contributed by atoms with Crippen LogP contribution in [0.25, 0.3) is 21.6 Å². The number of thiophene rings is 1. The molecule has 0 radical (unpaired) electrons. The number of hydrogen-bond acceptors (Lipinski definition) is 4. The van der Waals surface area contributed by atoms with Gasteiger partial charge in [-0.15, -0.1) is 11.3 Å². The van der Waals surface area contributed by atoms with Crippen molar-refractivity contribution in [1.29, 1.82) is 0 Å². The molecule has 0 N–H and O–H groups in total. The van der Waals surface area contributed by atoms with Crippen molar-refractivity contribution in [3.05, 3.63) is 39.6 Å². The van der Waals surface area contributed by atoms with Crippen LogP contribution in [0.1, 0.15) is 11.3 Å². The maximum atomic E-state index is 14.5. The zero-order chi connectivity index (χ0) is 15.1. The second-order valence-corrected chi connectivity index (χ2v) is 5.94. The molecule has 0 bridgehead atoms. The predicted molar refractivity (Wildman–Crippen MR) is 83.8 cm³/mol. The average molecular weight is 323 g/mol. The average Bonchev–Trinajstić information content (AvgIpc) is 2.81. The van der Waals surface area contributed by atoms with Crippen LogP contribution in [0.2, 0.25) is 5.02 Å². The third-order valence-corrected chi connectivity index (χ3v) is 4.58. The molecule has 6 heteroatoms. The second-order valence-electron chi connectivity index (χ2n) is 4.67. The van der Waals surface area contributed by atoms with Gasteiger partial charge in [-0.2, -0.15) is 0 Å². The highest BCUT2D eigenvalue weighted by molar-refractivity contribution is 7.17. The van der Waals surface area contributed by atoms with Crippen LogP contribution < -0.4 is 4.74 Å². The van der Waals surface area contributed by atoms with Crippen molar-refractivity contribution in [2.45, 2.75) is 13.8 Å². The minimum absolute atomic E-state index is 0.0119. The summed E-state index contributed by atoms with van der Waals surface area (Å²) in [5.41, 5.74) is 2.25. The van der Waals surface area contributed by atoms with Crippen molar-refractivity contribution in [3.8, 4) is 17.1 Å². The third-order valence-electron chi connectivity index (χ3n) is 3.29. The van der Waals surface area contributed by atoms with Gasteiger partial charge in [-0.3, -0.25) is 0 Å². The van der Waals surface area contributed by atoms with Gasteiger partial charge < -0.3 is 4.74 Å². The van der Waals surface area contributed by atoms with Gasteiger partial charge in [-0.25, -0.2) is 14.4 Å². The van der Waals surface area contributed by atoms with Gasteiger partial charge in [-0.05, 0) is 36.9 Å². The number of aromatic nitrogens is 2. The normalized spacial score (nSPS) is 11.1. The lowest BCUT2D eigenvalue weighted by Crippen LogP contribution is -1.98. The Balaban J connectivity index is 2.26. The number of nitrogens with zero attached hydrogens (tertiary/aromatic N) is 2. The SMILES string of the molecule is COc1c(Cl)ccc(-c2nc(C)c3c(C)csc3n2)c1F. The molecule has 21 heavy (non-hydrogen) atoms. The highest BCUT2D eigenvalue weighted by Crippen LogP contribution is 2.35. The van der Waals surface area contributed by atoms with Crippen LogP contribution in [-0.4, -0.2) is 17.1 Å². The van der Waals surface area contributed by atoms with E-state index in [2.05, 4.69) is 9.97 Å². The van der Waals surface area contributed by atoms with E-state index < -0.39 is 5.82 Å². The summed E-state index contributed by atoms with van der Waals surface area (Å²) in [7, 11) is 1.38. The van der Waals surface area contributed by atoms with Gasteiger partial charge in [-0.1, -0.05) is 11.6 Å². The van der Waals surface area contributed by atoms with Crippen molar-refractivity contribution < 1.29 is 9.13 Å². The Kier molecular flexibility index (Phi) is 3.55. The van der Waals surface area contributed by atoms with E-state index in [4.69, 9.17) is 16.3 Å². The number of methoxy groups -OCH3 is 1. The highest BCUT2D eigenvalue weighted by Gasteiger charge is 2.18. The molecular formula is C15H12ClFN2OS. The van der Waals surface area contributed by atoms with Gasteiger partial charge in [0, 0.05) is 5.39 Å². The smallest absolute Gasteiger partial charge is 0.177 e. The van der Waals surface area contributed by atoms with Crippen molar-refractivity contribution in [1.82, 2.24) is 9.97 Å². The maximum absolute atomic E-state index is 14.5. The quantitative estimate of drug-likeness (QED) is 0.681. The van der Waals surface area contributed by atoms with Crippen LogP contribution in [0.3, 0.4) is 0 Å². The molecular weight excluding hydrogens is 311 g/mol.